The van der Waals surface area contributed by atoms with Gasteiger partial charge in [-0.1, -0.05) is 6.92 Å². The van der Waals surface area contributed by atoms with E-state index in [0.29, 0.717) is 23.0 Å². The van der Waals surface area contributed by atoms with Crippen LogP contribution in [-0.2, 0) is 4.79 Å². The van der Waals surface area contributed by atoms with Gasteiger partial charge in [0.25, 0.3) is 0 Å². The highest BCUT2D eigenvalue weighted by Gasteiger charge is 2.18. The van der Waals surface area contributed by atoms with Crippen LogP contribution in [0, 0.1) is 17.2 Å². The SMILES string of the molecule is CCN(CC(=O)Nc1sccc1C#N)CC1CCNCC1. The molecule has 0 bridgehead atoms. The zero-order valence-electron chi connectivity index (χ0n) is 12.4. The summed E-state index contributed by atoms with van der Waals surface area (Å²) in [5.41, 5.74) is 0.537. The summed E-state index contributed by atoms with van der Waals surface area (Å²) in [5, 5.41) is 17.6. The molecule has 2 rings (SSSR count). The first-order chi connectivity index (χ1) is 10.2. The van der Waals surface area contributed by atoms with Gasteiger partial charge in [0.05, 0.1) is 12.1 Å². The molecule has 2 heterocycles. The fourth-order valence-electron chi connectivity index (χ4n) is 2.60. The molecular weight excluding hydrogens is 284 g/mol. The smallest absolute Gasteiger partial charge is 0.239 e. The van der Waals surface area contributed by atoms with Crippen LogP contribution in [0.4, 0.5) is 5.00 Å². The number of nitrogens with one attached hydrogen (secondary N) is 2. The molecule has 0 atom stereocenters. The van der Waals surface area contributed by atoms with Crippen LogP contribution in [0.3, 0.4) is 0 Å². The third kappa shape index (κ3) is 4.81. The molecule has 1 aromatic rings. The van der Waals surface area contributed by atoms with Gasteiger partial charge < -0.3 is 10.6 Å². The molecule has 1 aromatic heterocycles. The number of carbonyl (C=O) groups excluding carboxylic acids is 1. The van der Waals surface area contributed by atoms with Gasteiger partial charge in [0, 0.05) is 6.54 Å². The summed E-state index contributed by atoms with van der Waals surface area (Å²) in [6.07, 6.45) is 2.36. The molecule has 0 spiro atoms. The van der Waals surface area contributed by atoms with Gasteiger partial charge in [-0.15, -0.1) is 11.3 Å². The third-order valence-corrected chi connectivity index (χ3v) is 4.66. The number of hydrogen-bond acceptors (Lipinski definition) is 5. The Kier molecular flexibility index (Phi) is 6.18. The summed E-state index contributed by atoms with van der Waals surface area (Å²) < 4.78 is 0. The molecule has 1 amide bonds. The Morgan fingerprint density at radius 1 is 1.57 bits per heavy atom. The Bertz CT molecular complexity index is 502. The van der Waals surface area contributed by atoms with Gasteiger partial charge in [-0.05, 0) is 49.8 Å². The lowest BCUT2D eigenvalue weighted by Gasteiger charge is -2.28. The number of carbonyl (C=O) groups is 1. The minimum atomic E-state index is -0.0373. The van der Waals surface area contributed by atoms with Crippen molar-refractivity contribution in [2.45, 2.75) is 19.8 Å². The monoisotopic (exact) mass is 306 g/mol. The van der Waals surface area contributed by atoms with E-state index in [1.807, 2.05) is 5.38 Å². The Balaban J connectivity index is 1.83. The number of anilines is 1. The first-order valence-electron chi connectivity index (χ1n) is 7.43. The number of nitrogens with zero attached hydrogens (tertiary/aromatic N) is 2. The predicted molar refractivity (Wildman–Crippen MR) is 85.4 cm³/mol. The fraction of sp³-hybridized carbons (Fsp3) is 0.600. The summed E-state index contributed by atoms with van der Waals surface area (Å²) in [7, 11) is 0. The topological polar surface area (TPSA) is 68.2 Å². The maximum absolute atomic E-state index is 12.1. The molecule has 5 nitrogen and oxygen atoms in total. The number of piperidine rings is 1. The quantitative estimate of drug-likeness (QED) is 0.842. The summed E-state index contributed by atoms with van der Waals surface area (Å²) in [5.74, 6) is 0.639. The Hall–Kier alpha value is -1.42. The molecule has 0 radical (unpaired) electrons. The van der Waals surface area contributed by atoms with Gasteiger partial charge in [0.1, 0.15) is 11.1 Å². The van der Waals surface area contributed by atoms with Crippen molar-refractivity contribution in [2.75, 3.05) is 38.0 Å². The average Bonchev–Trinajstić information content (AvgIpc) is 2.94. The lowest BCUT2D eigenvalue weighted by molar-refractivity contribution is -0.117. The van der Waals surface area contributed by atoms with Crippen molar-refractivity contribution in [1.82, 2.24) is 10.2 Å². The first-order valence-corrected chi connectivity index (χ1v) is 8.31. The highest BCUT2D eigenvalue weighted by Crippen LogP contribution is 2.22. The summed E-state index contributed by atoms with van der Waals surface area (Å²) in [4.78, 5) is 14.3. The molecule has 0 aromatic carbocycles. The zero-order valence-corrected chi connectivity index (χ0v) is 13.2. The van der Waals surface area contributed by atoms with Crippen LogP contribution in [0.1, 0.15) is 25.3 Å². The van der Waals surface area contributed by atoms with E-state index in [1.54, 1.807) is 6.07 Å². The Morgan fingerprint density at radius 3 is 3.00 bits per heavy atom. The van der Waals surface area contributed by atoms with Gasteiger partial charge in [-0.25, -0.2) is 0 Å². The lowest BCUT2D eigenvalue weighted by atomic mass is 9.97. The highest BCUT2D eigenvalue weighted by atomic mass is 32.1. The third-order valence-electron chi connectivity index (χ3n) is 3.83. The molecule has 21 heavy (non-hydrogen) atoms. The van der Waals surface area contributed by atoms with Crippen LogP contribution >= 0.6 is 11.3 Å². The normalized spacial score (nSPS) is 15.9. The molecule has 1 fully saturated rings. The molecule has 0 unspecified atom stereocenters. The second-order valence-corrected chi connectivity index (χ2v) is 6.26. The van der Waals surface area contributed by atoms with Crippen molar-refractivity contribution in [1.29, 1.82) is 5.26 Å². The van der Waals surface area contributed by atoms with E-state index >= 15 is 0 Å². The molecule has 1 aliphatic rings. The predicted octanol–water partition coefficient (Wildman–Crippen LogP) is 1.88. The maximum atomic E-state index is 12.1. The van der Waals surface area contributed by atoms with Crippen molar-refractivity contribution in [2.24, 2.45) is 5.92 Å². The van der Waals surface area contributed by atoms with Gasteiger partial charge in [-0.3, -0.25) is 9.69 Å². The van der Waals surface area contributed by atoms with Crippen molar-refractivity contribution in [3.05, 3.63) is 17.0 Å². The summed E-state index contributed by atoms with van der Waals surface area (Å²) >= 11 is 1.39. The van der Waals surface area contributed by atoms with E-state index in [4.69, 9.17) is 5.26 Å². The summed E-state index contributed by atoms with van der Waals surface area (Å²) in [6.45, 7) is 6.47. The van der Waals surface area contributed by atoms with Crippen LogP contribution in [0.2, 0.25) is 0 Å². The molecule has 6 heteroatoms. The molecule has 1 aliphatic heterocycles. The van der Waals surface area contributed by atoms with Crippen molar-refractivity contribution in [3.63, 3.8) is 0 Å². The average molecular weight is 306 g/mol. The maximum Gasteiger partial charge on any atom is 0.239 e. The van der Waals surface area contributed by atoms with E-state index in [2.05, 4.69) is 28.5 Å². The van der Waals surface area contributed by atoms with Gasteiger partial charge in [0.2, 0.25) is 5.91 Å². The second kappa shape index (κ2) is 8.13. The van der Waals surface area contributed by atoms with E-state index in [-0.39, 0.29) is 5.91 Å². The largest absolute Gasteiger partial charge is 0.317 e. The Morgan fingerprint density at radius 2 is 2.33 bits per heavy atom. The number of hydrogen-bond donors (Lipinski definition) is 2. The number of rotatable bonds is 6. The van der Waals surface area contributed by atoms with Crippen LogP contribution < -0.4 is 10.6 Å². The van der Waals surface area contributed by atoms with Gasteiger partial charge in [0.15, 0.2) is 0 Å². The van der Waals surface area contributed by atoms with E-state index < -0.39 is 0 Å². The number of amides is 1. The summed E-state index contributed by atoms with van der Waals surface area (Å²) in [6, 6.07) is 3.82. The number of likely N-dealkylation sites (N-methyl/N-ethyl adjacent to an activating group) is 1. The number of thiophene rings is 1. The second-order valence-electron chi connectivity index (χ2n) is 5.34. The van der Waals surface area contributed by atoms with Crippen molar-refractivity contribution in [3.8, 4) is 6.07 Å². The minimum Gasteiger partial charge on any atom is -0.317 e. The molecule has 2 N–H and O–H groups in total. The zero-order chi connectivity index (χ0) is 15.1. The van der Waals surface area contributed by atoms with E-state index in [9.17, 15) is 4.79 Å². The van der Waals surface area contributed by atoms with Gasteiger partial charge >= 0.3 is 0 Å². The van der Waals surface area contributed by atoms with Gasteiger partial charge in [-0.2, -0.15) is 5.26 Å². The van der Waals surface area contributed by atoms with Crippen LogP contribution in [0.25, 0.3) is 0 Å². The van der Waals surface area contributed by atoms with Crippen molar-refractivity contribution < 1.29 is 4.79 Å². The van der Waals surface area contributed by atoms with Crippen LogP contribution in [-0.4, -0.2) is 43.5 Å². The fourth-order valence-corrected chi connectivity index (χ4v) is 3.35. The van der Waals surface area contributed by atoms with Crippen LogP contribution in [0.15, 0.2) is 11.4 Å². The van der Waals surface area contributed by atoms with Crippen molar-refractivity contribution >= 4 is 22.2 Å². The van der Waals surface area contributed by atoms with E-state index in [1.165, 1.54) is 24.2 Å². The first kappa shape index (κ1) is 16.0. The highest BCUT2D eigenvalue weighted by molar-refractivity contribution is 7.14. The molecule has 0 saturated carbocycles. The minimum absolute atomic E-state index is 0.0373. The molecular formula is C15H22N4OS. The lowest BCUT2D eigenvalue weighted by Crippen LogP contribution is -2.39. The standard InChI is InChI=1S/C15H22N4OS/c1-2-19(10-12-3-6-17-7-4-12)11-14(20)18-15-13(9-16)5-8-21-15/h5,8,12,17H,2-4,6-7,10-11H2,1H3,(H,18,20). The molecule has 114 valence electrons. The molecule has 0 aliphatic carbocycles. The van der Waals surface area contributed by atoms with Crippen LogP contribution in [0.5, 0.6) is 0 Å². The Labute approximate surface area is 129 Å². The number of nitriles is 1. The molecule has 1 saturated heterocycles. The van der Waals surface area contributed by atoms with E-state index in [0.717, 1.165) is 26.2 Å².